The highest BCUT2D eigenvalue weighted by Gasteiger charge is 2.08. The maximum atomic E-state index is 11.5. The second-order valence-corrected chi connectivity index (χ2v) is 10.6. The van der Waals surface area contributed by atoms with Crippen LogP contribution in [0.4, 0.5) is 0 Å². The summed E-state index contributed by atoms with van der Waals surface area (Å²) in [5, 5.41) is 18.1. The van der Waals surface area contributed by atoms with Crippen molar-refractivity contribution < 1.29 is 19.8 Å². The molecule has 37 heavy (non-hydrogen) atoms. The molecule has 0 amide bonds. The first-order valence-electron chi connectivity index (χ1n) is 15.3. The Bertz CT molecular complexity index is 710. The molecule has 1 rings (SSSR count). The minimum Gasteiger partial charge on any atom is -0.481 e. The summed E-state index contributed by atoms with van der Waals surface area (Å²) in [5.74, 6) is -1.50. The molecule has 0 unspecified atom stereocenters. The van der Waals surface area contributed by atoms with Gasteiger partial charge in [-0.15, -0.1) is 0 Å². The van der Waals surface area contributed by atoms with E-state index in [4.69, 9.17) is 5.11 Å². The van der Waals surface area contributed by atoms with Crippen LogP contribution >= 0.6 is 0 Å². The van der Waals surface area contributed by atoms with Gasteiger partial charge in [0.2, 0.25) is 0 Å². The molecule has 1 aromatic carbocycles. The number of carboxylic acids is 2. The second-order valence-electron chi connectivity index (χ2n) is 10.6. The predicted molar refractivity (Wildman–Crippen MR) is 156 cm³/mol. The average molecular weight is 515 g/mol. The van der Waals surface area contributed by atoms with Crippen molar-refractivity contribution in [1.29, 1.82) is 0 Å². The van der Waals surface area contributed by atoms with Crippen molar-refractivity contribution in [3.8, 4) is 0 Å². The fourth-order valence-electron chi connectivity index (χ4n) is 4.97. The third kappa shape index (κ3) is 20.6. The van der Waals surface area contributed by atoms with E-state index >= 15 is 0 Å². The topological polar surface area (TPSA) is 74.6 Å². The third-order valence-corrected chi connectivity index (χ3v) is 7.26. The Kier molecular flexibility index (Phi) is 21.6. The molecule has 0 aromatic heterocycles. The highest BCUT2D eigenvalue weighted by molar-refractivity contribution is 6.15. The van der Waals surface area contributed by atoms with Crippen molar-refractivity contribution in [2.24, 2.45) is 0 Å². The zero-order valence-electron chi connectivity index (χ0n) is 23.4. The summed E-state index contributed by atoms with van der Waals surface area (Å²) in [6, 6.07) is 9.41. The molecule has 0 bridgehead atoms. The van der Waals surface area contributed by atoms with Gasteiger partial charge in [0.1, 0.15) is 0 Å². The molecule has 0 aliphatic carbocycles. The van der Waals surface area contributed by atoms with Gasteiger partial charge in [0, 0.05) is 6.42 Å². The van der Waals surface area contributed by atoms with Gasteiger partial charge in [-0.3, -0.25) is 4.79 Å². The number of carboxylic acid groups (broad SMARTS) is 2. The van der Waals surface area contributed by atoms with Gasteiger partial charge in [-0.25, -0.2) is 4.79 Å². The molecule has 4 heteroatoms. The number of carbonyl (C=O) groups is 2. The van der Waals surface area contributed by atoms with Crippen LogP contribution in [0.2, 0.25) is 0 Å². The fraction of sp³-hybridized carbons (Fsp3) is 0.697. The molecule has 0 saturated heterocycles. The van der Waals surface area contributed by atoms with Crippen LogP contribution < -0.4 is 0 Å². The van der Waals surface area contributed by atoms with Crippen molar-refractivity contribution in [2.45, 2.75) is 148 Å². The van der Waals surface area contributed by atoms with E-state index in [1.807, 2.05) is 36.4 Å². The Balaban J connectivity index is 1.78. The van der Waals surface area contributed by atoms with E-state index in [1.54, 1.807) is 0 Å². The highest BCUT2D eigenvalue weighted by Crippen LogP contribution is 2.18. The number of unbranched alkanes of at least 4 members (excludes halogenated alkanes) is 21. The molecular formula is C33H54O4. The summed E-state index contributed by atoms with van der Waals surface area (Å²) in [5.41, 5.74) is 1.22. The lowest BCUT2D eigenvalue weighted by atomic mass is 10.0. The first-order valence-corrected chi connectivity index (χ1v) is 15.3. The maximum absolute atomic E-state index is 11.5. The fourth-order valence-corrected chi connectivity index (χ4v) is 4.97. The van der Waals surface area contributed by atoms with Gasteiger partial charge < -0.3 is 10.2 Å². The SMILES string of the molecule is O=C(O)CCCCCCCCCCCCCCCCCCCCCCCC=C(C(=O)O)c1ccccc1. The van der Waals surface area contributed by atoms with Crippen molar-refractivity contribution in [3.63, 3.8) is 0 Å². The van der Waals surface area contributed by atoms with E-state index in [0.717, 1.165) is 31.2 Å². The molecule has 0 heterocycles. The Morgan fingerprint density at radius 2 is 0.865 bits per heavy atom. The molecule has 0 saturated carbocycles. The van der Waals surface area contributed by atoms with Crippen molar-refractivity contribution in [2.75, 3.05) is 0 Å². The van der Waals surface area contributed by atoms with Crippen molar-refractivity contribution >= 4 is 17.5 Å². The van der Waals surface area contributed by atoms with Crippen molar-refractivity contribution in [3.05, 3.63) is 42.0 Å². The number of rotatable bonds is 26. The largest absolute Gasteiger partial charge is 0.481 e. The molecule has 0 spiro atoms. The first kappa shape index (κ1) is 32.9. The summed E-state index contributed by atoms with van der Waals surface area (Å²) < 4.78 is 0. The molecule has 0 fully saturated rings. The van der Waals surface area contributed by atoms with Gasteiger partial charge in [0.25, 0.3) is 0 Å². The van der Waals surface area contributed by atoms with Crippen LogP contribution in [-0.2, 0) is 9.59 Å². The Labute approximate surface area is 227 Å². The van der Waals surface area contributed by atoms with E-state index in [-0.39, 0.29) is 0 Å². The lowest BCUT2D eigenvalue weighted by Crippen LogP contribution is -1.99. The van der Waals surface area contributed by atoms with Crippen LogP contribution in [0, 0.1) is 0 Å². The quantitative estimate of drug-likeness (QED) is 0.0952. The van der Waals surface area contributed by atoms with Crippen molar-refractivity contribution in [1.82, 2.24) is 0 Å². The van der Waals surface area contributed by atoms with Gasteiger partial charge >= 0.3 is 11.9 Å². The average Bonchev–Trinajstić information content (AvgIpc) is 2.89. The number of hydrogen-bond donors (Lipinski definition) is 2. The molecule has 2 N–H and O–H groups in total. The van der Waals surface area contributed by atoms with Gasteiger partial charge in [0.05, 0.1) is 5.57 Å². The van der Waals surface area contributed by atoms with Crippen LogP contribution in [0.1, 0.15) is 153 Å². The maximum Gasteiger partial charge on any atom is 0.335 e. The molecule has 0 atom stereocenters. The summed E-state index contributed by atoms with van der Waals surface area (Å²) in [6.45, 7) is 0. The Morgan fingerprint density at radius 3 is 1.22 bits per heavy atom. The molecule has 0 aliphatic rings. The highest BCUT2D eigenvalue weighted by atomic mass is 16.4. The Morgan fingerprint density at radius 1 is 0.514 bits per heavy atom. The molecule has 1 aromatic rings. The first-order chi connectivity index (χ1) is 18.1. The van der Waals surface area contributed by atoms with E-state index in [1.165, 1.54) is 116 Å². The summed E-state index contributed by atoms with van der Waals surface area (Å²) in [4.78, 5) is 21.9. The standard InChI is InChI=1S/C33H54O4/c34-32(35)29-25-20-18-16-14-12-10-8-6-4-2-1-3-5-7-9-11-13-15-17-19-24-28-31(33(36)37)30-26-22-21-23-27-30/h21-23,26-28H,1-20,24-25,29H2,(H,34,35)(H,36,37). The van der Waals surface area contributed by atoms with E-state index in [9.17, 15) is 14.7 Å². The molecule has 4 nitrogen and oxygen atoms in total. The molecular weight excluding hydrogens is 460 g/mol. The minimum absolute atomic E-state index is 0.329. The number of aliphatic carboxylic acids is 2. The molecule has 210 valence electrons. The third-order valence-electron chi connectivity index (χ3n) is 7.26. The number of benzene rings is 1. The Hall–Kier alpha value is -2.10. The zero-order chi connectivity index (χ0) is 26.8. The van der Waals surface area contributed by atoms with Crippen LogP contribution in [0.3, 0.4) is 0 Å². The van der Waals surface area contributed by atoms with Crippen LogP contribution in [0.15, 0.2) is 36.4 Å². The lowest BCUT2D eigenvalue weighted by Gasteiger charge is -2.04. The second kappa shape index (κ2) is 24.2. The smallest absolute Gasteiger partial charge is 0.335 e. The van der Waals surface area contributed by atoms with Crippen LogP contribution in [0.25, 0.3) is 5.57 Å². The van der Waals surface area contributed by atoms with Gasteiger partial charge in [0.15, 0.2) is 0 Å². The normalized spacial score (nSPS) is 11.6. The zero-order valence-corrected chi connectivity index (χ0v) is 23.4. The number of allylic oxidation sites excluding steroid dienone is 1. The van der Waals surface area contributed by atoms with E-state index in [2.05, 4.69) is 0 Å². The number of hydrogen-bond acceptors (Lipinski definition) is 2. The van der Waals surface area contributed by atoms with Gasteiger partial charge in [-0.2, -0.15) is 0 Å². The lowest BCUT2D eigenvalue weighted by molar-refractivity contribution is -0.137. The summed E-state index contributed by atoms with van der Waals surface area (Å²) >= 11 is 0. The van der Waals surface area contributed by atoms with Gasteiger partial charge in [-0.05, 0) is 24.8 Å². The minimum atomic E-state index is -0.836. The summed E-state index contributed by atoms with van der Waals surface area (Å²) in [7, 11) is 0. The molecule has 0 radical (unpaired) electrons. The summed E-state index contributed by atoms with van der Waals surface area (Å²) in [6.07, 6.45) is 30.0. The van der Waals surface area contributed by atoms with E-state index in [0.29, 0.717) is 12.0 Å². The van der Waals surface area contributed by atoms with Crippen LogP contribution in [-0.4, -0.2) is 22.2 Å². The van der Waals surface area contributed by atoms with Crippen LogP contribution in [0.5, 0.6) is 0 Å². The van der Waals surface area contributed by atoms with E-state index < -0.39 is 11.9 Å². The predicted octanol–water partition coefficient (Wildman–Crippen LogP) is 10.2. The monoisotopic (exact) mass is 514 g/mol. The van der Waals surface area contributed by atoms with Gasteiger partial charge in [-0.1, -0.05) is 158 Å². The molecule has 0 aliphatic heterocycles.